The summed E-state index contributed by atoms with van der Waals surface area (Å²) in [5.41, 5.74) is 5.70. The maximum absolute atomic E-state index is 11.3. The summed E-state index contributed by atoms with van der Waals surface area (Å²) in [7, 11) is 1.90. The molecule has 2 aromatic carbocycles. The predicted molar refractivity (Wildman–Crippen MR) is 146 cm³/mol. The first-order chi connectivity index (χ1) is 17.8. The molecular weight excluding hydrogens is 464 g/mol. The molecule has 4 rings (SSSR count). The molecule has 2 heterocycles. The number of esters is 1. The van der Waals surface area contributed by atoms with Gasteiger partial charge in [0.15, 0.2) is 0 Å². The van der Waals surface area contributed by atoms with E-state index in [2.05, 4.69) is 80.7 Å². The third-order valence-electron chi connectivity index (χ3n) is 6.25. The Hall–Kier alpha value is -4.17. The topological polar surface area (TPSA) is 108 Å². The second kappa shape index (κ2) is 11.3. The van der Waals surface area contributed by atoms with Gasteiger partial charge in [-0.2, -0.15) is 0 Å². The molecule has 8 nitrogen and oxygen atoms in total. The number of hydrogen-bond donors (Lipinski definition) is 4. The van der Waals surface area contributed by atoms with Crippen LogP contribution < -0.4 is 10.6 Å². The molecule has 2 aromatic heterocycles. The van der Waals surface area contributed by atoms with Crippen molar-refractivity contribution in [2.24, 2.45) is 5.41 Å². The highest BCUT2D eigenvalue weighted by molar-refractivity contribution is 5.71. The highest BCUT2D eigenvalue weighted by Gasteiger charge is 2.33. The quantitative estimate of drug-likeness (QED) is 0.211. The van der Waals surface area contributed by atoms with Crippen LogP contribution in [0.4, 0.5) is 0 Å². The van der Waals surface area contributed by atoms with Crippen LogP contribution in [0, 0.1) is 5.41 Å². The minimum Gasteiger partial charge on any atom is -0.465 e. The minimum atomic E-state index is -0.407. The first-order valence-electron chi connectivity index (χ1n) is 12.3. The molecule has 8 heteroatoms. The molecule has 0 radical (unpaired) electrons. The molecule has 0 aliphatic heterocycles. The number of nitrogens with zero attached hydrogens (tertiary/aromatic N) is 2. The zero-order chi connectivity index (χ0) is 26.4. The van der Waals surface area contributed by atoms with Crippen molar-refractivity contribution in [1.82, 2.24) is 30.6 Å². The lowest BCUT2D eigenvalue weighted by Crippen LogP contribution is -2.36. The van der Waals surface area contributed by atoms with Gasteiger partial charge in [-0.1, -0.05) is 69.0 Å². The Bertz CT molecular complexity index is 1340. The summed E-state index contributed by atoms with van der Waals surface area (Å²) in [5, 5.41) is 6.35. The third-order valence-corrected chi connectivity index (χ3v) is 6.25. The Morgan fingerprint density at radius 3 is 2.05 bits per heavy atom. The Morgan fingerprint density at radius 1 is 0.973 bits per heavy atom. The minimum absolute atomic E-state index is 0.209. The van der Waals surface area contributed by atoms with E-state index in [1.165, 1.54) is 6.92 Å². The second-order valence-corrected chi connectivity index (χ2v) is 9.66. The van der Waals surface area contributed by atoms with Gasteiger partial charge < -0.3 is 25.3 Å². The van der Waals surface area contributed by atoms with Crippen LogP contribution in [-0.2, 0) is 16.1 Å². The maximum Gasteiger partial charge on any atom is 0.302 e. The molecule has 0 bridgehead atoms. The van der Waals surface area contributed by atoms with Gasteiger partial charge in [0.25, 0.3) is 0 Å². The van der Waals surface area contributed by atoms with E-state index in [1.807, 2.05) is 33.3 Å². The monoisotopic (exact) mass is 498 g/mol. The van der Waals surface area contributed by atoms with Crippen molar-refractivity contribution in [2.45, 2.75) is 33.4 Å². The molecule has 0 saturated heterocycles. The van der Waals surface area contributed by atoms with Gasteiger partial charge in [0.1, 0.15) is 11.6 Å². The Morgan fingerprint density at radius 2 is 1.51 bits per heavy atom. The maximum atomic E-state index is 11.3. The lowest BCUT2D eigenvalue weighted by Gasteiger charge is -2.32. The summed E-state index contributed by atoms with van der Waals surface area (Å²) in [4.78, 5) is 27.3. The Kier molecular flexibility index (Phi) is 7.89. The molecule has 0 fully saturated rings. The van der Waals surface area contributed by atoms with Crippen molar-refractivity contribution >= 4 is 5.97 Å². The van der Waals surface area contributed by atoms with Gasteiger partial charge in [0, 0.05) is 35.9 Å². The fourth-order valence-electron chi connectivity index (χ4n) is 4.23. The zero-order valence-electron chi connectivity index (χ0n) is 21.8. The molecule has 0 aliphatic rings. The number of carbonyl (C=O) groups excluding carboxylic acids is 1. The van der Waals surface area contributed by atoms with Crippen LogP contribution in [0.5, 0.6) is 0 Å². The molecule has 1 atom stereocenters. The Balaban J connectivity index is 1.49. The number of carbonyl (C=O) groups is 1. The summed E-state index contributed by atoms with van der Waals surface area (Å²) < 4.78 is 5.28. The molecule has 0 saturated carbocycles. The molecule has 192 valence electrons. The molecule has 37 heavy (non-hydrogen) atoms. The van der Waals surface area contributed by atoms with E-state index in [0.29, 0.717) is 6.54 Å². The zero-order valence-corrected chi connectivity index (χ0v) is 21.8. The van der Waals surface area contributed by atoms with Crippen LogP contribution in [-0.4, -0.2) is 39.6 Å². The number of H-pyrrole nitrogens is 2. The third kappa shape index (κ3) is 6.16. The van der Waals surface area contributed by atoms with Gasteiger partial charge in [0.2, 0.25) is 0 Å². The smallest absolute Gasteiger partial charge is 0.302 e. The fourth-order valence-corrected chi connectivity index (χ4v) is 4.23. The number of imidazole rings is 2. The second-order valence-electron chi connectivity index (χ2n) is 9.66. The summed E-state index contributed by atoms with van der Waals surface area (Å²) in [6, 6.07) is 16.5. The summed E-state index contributed by atoms with van der Waals surface area (Å²) in [6.45, 7) is 10.2. The average Bonchev–Trinajstić information content (AvgIpc) is 3.57. The van der Waals surface area contributed by atoms with Crippen LogP contribution in [0.25, 0.3) is 33.6 Å². The first-order valence-corrected chi connectivity index (χ1v) is 12.3. The van der Waals surface area contributed by atoms with Crippen molar-refractivity contribution in [1.29, 1.82) is 0 Å². The van der Waals surface area contributed by atoms with Crippen molar-refractivity contribution in [3.63, 3.8) is 0 Å². The van der Waals surface area contributed by atoms with E-state index in [1.54, 1.807) is 6.20 Å². The number of ether oxygens (including phenoxy) is 1. The normalized spacial score (nSPS) is 12.2. The molecule has 0 aliphatic carbocycles. The lowest BCUT2D eigenvalue weighted by molar-refractivity contribution is -0.144. The van der Waals surface area contributed by atoms with E-state index in [9.17, 15) is 4.79 Å². The summed E-state index contributed by atoms with van der Waals surface area (Å²) >= 11 is 0. The number of nitrogens with one attached hydrogen (secondary N) is 4. The number of aromatic nitrogens is 4. The molecule has 0 amide bonds. The van der Waals surface area contributed by atoms with E-state index >= 15 is 0 Å². The van der Waals surface area contributed by atoms with Gasteiger partial charge in [-0.3, -0.25) is 4.79 Å². The summed E-state index contributed by atoms with van der Waals surface area (Å²) in [6.07, 6.45) is 5.46. The Labute approximate surface area is 217 Å². The average molecular weight is 499 g/mol. The summed E-state index contributed by atoms with van der Waals surface area (Å²) in [5.74, 6) is 1.36. The molecule has 4 aromatic rings. The van der Waals surface area contributed by atoms with Crippen LogP contribution in [0.15, 0.2) is 73.7 Å². The largest absolute Gasteiger partial charge is 0.465 e. The van der Waals surface area contributed by atoms with Crippen molar-refractivity contribution in [2.75, 3.05) is 13.7 Å². The van der Waals surface area contributed by atoms with Gasteiger partial charge in [-0.05, 0) is 24.4 Å². The molecule has 4 N–H and O–H groups in total. The fraction of sp³-hybridized carbons (Fsp3) is 0.276. The first kappa shape index (κ1) is 25.9. The number of aromatic amines is 2. The van der Waals surface area contributed by atoms with Crippen molar-refractivity contribution < 1.29 is 9.53 Å². The van der Waals surface area contributed by atoms with Gasteiger partial charge in [-0.25, -0.2) is 9.97 Å². The van der Waals surface area contributed by atoms with Crippen molar-refractivity contribution in [3.8, 4) is 33.6 Å². The van der Waals surface area contributed by atoms with Crippen LogP contribution in [0.3, 0.4) is 0 Å². The van der Waals surface area contributed by atoms with Gasteiger partial charge in [0.05, 0.1) is 30.6 Å². The standard InChI is InChI=1S/C29H34N6O2/c1-6-31-27(29(3,4)18-37-19(2)36)28-33-16-25(35-28)23-13-9-21(10-14-23)20-7-11-22(12-8-20)24-15-32-26(34-24)17-30-5/h6-16,27,30-31H,1,17-18H2,2-5H3,(H,32,34)(H,33,35). The number of rotatable bonds is 11. The van der Waals surface area contributed by atoms with E-state index in [4.69, 9.17) is 9.72 Å². The van der Waals surface area contributed by atoms with Gasteiger partial charge in [-0.15, -0.1) is 0 Å². The predicted octanol–water partition coefficient (Wildman–Crippen LogP) is 5.22. The highest BCUT2D eigenvalue weighted by atomic mass is 16.5. The number of hydrogen-bond acceptors (Lipinski definition) is 6. The molecule has 1 unspecified atom stereocenters. The SMILES string of the molecule is C=CNC(c1nc(-c2ccc(-c3ccc(-c4c[nH]c(CNC)n4)cc3)cc2)c[nH]1)C(C)(C)COC(C)=O. The highest BCUT2D eigenvalue weighted by Crippen LogP contribution is 2.34. The van der Waals surface area contributed by atoms with E-state index < -0.39 is 5.41 Å². The molecule has 0 spiro atoms. The van der Waals surface area contributed by atoms with E-state index in [-0.39, 0.29) is 18.6 Å². The van der Waals surface area contributed by atoms with E-state index in [0.717, 1.165) is 45.3 Å². The van der Waals surface area contributed by atoms with Crippen molar-refractivity contribution in [3.05, 3.63) is 85.4 Å². The van der Waals surface area contributed by atoms with Crippen LogP contribution in [0.1, 0.15) is 38.5 Å². The lowest BCUT2D eigenvalue weighted by atomic mass is 9.84. The van der Waals surface area contributed by atoms with Crippen LogP contribution in [0.2, 0.25) is 0 Å². The van der Waals surface area contributed by atoms with Crippen LogP contribution >= 0.6 is 0 Å². The number of benzene rings is 2. The van der Waals surface area contributed by atoms with Gasteiger partial charge >= 0.3 is 5.97 Å². The molecular formula is C29H34N6O2.